The summed E-state index contributed by atoms with van der Waals surface area (Å²) in [6.45, 7) is 10.4. The third-order valence-corrected chi connectivity index (χ3v) is 7.92. The molecule has 1 unspecified atom stereocenters. The lowest BCUT2D eigenvalue weighted by molar-refractivity contribution is -0.129. The van der Waals surface area contributed by atoms with Crippen molar-refractivity contribution in [2.75, 3.05) is 32.8 Å². The molecule has 2 saturated heterocycles. The lowest BCUT2D eigenvalue weighted by Crippen LogP contribution is -2.56. The predicted molar refractivity (Wildman–Crippen MR) is 142 cm³/mol. The average molecular weight is 517 g/mol. The molecule has 5 atom stereocenters. The van der Waals surface area contributed by atoms with Crippen molar-refractivity contribution in [2.24, 2.45) is 17.8 Å². The molecule has 0 spiro atoms. The topological polar surface area (TPSA) is 54.5 Å². The molecule has 2 aromatic rings. The predicted octanol–water partition coefficient (Wildman–Crippen LogP) is 5.38. The number of piperidine rings is 1. The summed E-state index contributed by atoms with van der Waals surface area (Å²) in [6.07, 6.45) is 5.83. The van der Waals surface area contributed by atoms with E-state index in [2.05, 4.69) is 40.8 Å². The van der Waals surface area contributed by atoms with Gasteiger partial charge in [-0.25, -0.2) is 0 Å². The third kappa shape index (κ3) is 6.85. The number of benzene rings is 1. The van der Waals surface area contributed by atoms with E-state index in [4.69, 9.17) is 27.9 Å². The Bertz CT molecular complexity index is 994. The Morgan fingerprint density at radius 1 is 1.23 bits per heavy atom. The van der Waals surface area contributed by atoms with E-state index in [0.29, 0.717) is 11.4 Å². The van der Waals surface area contributed by atoms with Crippen LogP contribution in [0.15, 0.2) is 55.3 Å². The van der Waals surface area contributed by atoms with E-state index in [-0.39, 0.29) is 35.6 Å². The van der Waals surface area contributed by atoms with Crippen molar-refractivity contribution in [3.63, 3.8) is 0 Å². The number of hydrogen-bond donors (Lipinski definition) is 1. The Balaban J connectivity index is 1.66. The zero-order valence-electron chi connectivity index (χ0n) is 20.3. The first-order chi connectivity index (χ1) is 16.9. The van der Waals surface area contributed by atoms with Gasteiger partial charge in [0.1, 0.15) is 0 Å². The summed E-state index contributed by atoms with van der Waals surface area (Å²) in [4.78, 5) is 20.2. The summed E-state index contributed by atoms with van der Waals surface area (Å²) >= 11 is 12.5. The highest BCUT2D eigenvalue weighted by Crippen LogP contribution is 2.39. The van der Waals surface area contributed by atoms with Crippen molar-refractivity contribution in [1.29, 1.82) is 0 Å². The van der Waals surface area contributed by atoms with Gasteiger partial charge >= 0.3 is 0 Å². The highest BCUT2D eigenvalue weighted by Gasteiger charge is 2.42. The number of carbonyl (C=O) groups is 1. The first kappa shape index (κ1) is 26.2. The van der Waals surface area contributed by atoms with Gasteiger partial charge in [0, 0.05) is 54.4 Å². The van der Waals surface area contributed by atoms with Gasteiger partial charge in [-0.15, -0.1) is 6.58 Å². The number of nitrogens with one attached hydrogen (secondary N) is 1. The maximum Gasteiger partial charge on any atom is 0.223 e. The van der Waals surface area contributed by atoms with Crippen LogP contribution in [0.3, 0.4) is 0 Å². The molecular formula is C28H35Cl2N3O2. The average Bonchev–Trinajstić information content (AvgIpc) is 2.86. The van der Waals surface area contributed by atoms with E-state index in [1.807, 2.05) is 30.3 Å². The lowest BCUT2D eigenvalue weighted by Gasteiger charge is -2.45. The number of halogens is 2. The number of carbonyl (C=O) groups excluding carboxylic acids is 1. The van der Waals surface area contributed by atoms with Crippen LogP contribution in [-0.2, 0) is 16.0 Å². The van der Waals surface area contributed by atoms with Crippen molar-refractivity contribution >= 4 is 29.1 Å². The lowest BCUT2D eigenvalue weighted by atomic mass is 9.70. The normalized spacial score (nSPS) is 25.0. The number of ether oxygens (including phenoxy) is 1. The van der Waals surface area contributed by atoms with Crippen LogP contribution in [0.1, 0.15) is 36.9 Å². The van der Waals surface area contributed by atoms with Crippen LogP contribution in [0.4, 0.5) is 0 Å². The molecule has 2 fully saturated rings. The van der Waals surface area contributed by atoms with Crippen molar-refractivity contribution in [3.05, 3.63) is 76.6 Å². The Hall–Kier alpha value is -1.92. The standard InChI is InChI=1S/C28H35Cl2N3O2/c1-3-5-21-16-25(20-6-4-7-22(29)15-20)27(32-28(21)34)26(18-33-10-12-35-13-11-33)19(2)14-24-9-8-23(30)17-31-24/h3-4,6-9,15,17,19,21,25-27H,1,5,10-14,16,18H2,2H3,(H,32,34)/t19-,21+,25-,26?,27+/m1/s1. The van der Waals surface area contributed by atoms with Crippen molar-refractivity contribution in [3.8, 4) is 0 Å². The van der Waals surface area contributed by atoms with Crippen molar-refractivity contribution in [1.82, 2.24) is 15.2 Å². The summed E-state index contributed by atoms with van der Waals surface area (Å²) in [5, 5.41) is 4.82. The second kappa shape index (κ2) is 12.4. The summed E-state index contributed by atoms with van der Waals surface area (Å²) in [6, 6.07) is 12.0. The molecule has 188 valence electrons. The number of allylic oxidation sites excluding steroid dienone is 1. The highest BCUT2D eigenvalue weighted by atomic mass is 35.5. The zero-order chi connectivity index (χ0) is 24.8. The molecule has 0 saturated carbocycles. The first-order valence-corrected chi connectivity index (χ1v) is 13.3. The van der Waals surface area contributed by atoms with E-state index in [0.717, 1.165) is 56.4 Å². The smallest absolute Gasteiger partial charge is 0.223 e. The fraction of sp³-hybridized carbons (Fsp3) is 0.500. The van der Waals surface area contributed by atoms with Crippen LogP contribution in [0, 0.1) is 17.8 Å². The van der Waals surface area contributed by atoms with Crippen LogP contribution in [-0.4, -0.2) is 54.7 Å². The van der Waals surface area contributed by atoms with Gasteiger partial charge in [0.15, 0.2) is 0 Å². The molecule has 0 radical (unpaired) electrons. The van der Waals surface area contributed by atoms with Crippen LogP contribution in [0.5, 0.6) is 0 Å². The van der Waals surface area contributed by atoms with E-state index >= 15 is 0 Å². The summed E-state index contributed by atoms with van der Waals surface area (Å²) < 4.78 is 5.60. The maximum atomic E-state index is 13.2. The molecule has 7 heteroatoms. The molecule has 35 heavy (non-hydrogen) atoms. The number of rotatable bonds is 9. The van der Waals surface area contributed by atoms with Crippen molar-refractivity contribution in [2.45, 2.75) is 38.1 Å². The Morgan fingerprint density at radius 3 is 2.71 bits per heavy atom. The van der Waals surface area contributed by atoms with Crippen LogP contribution < -0.4 is 5.32 Å². The van der Waals surface area contributed by atoms with Crippen LogP contribution in [0.25, 0.3) is 0 Å². The van der Waals surface area contributed by atoms with Gasteiger partial charge in [-0.2, -0.15) is 0 Å². The van der Waals surface area contributed by atoms with Gasteiger partial charge in [-0.05, 0) is 60.9 Å². The first-order valence-electron chi connectivity index (χ1n) is 12.5. The second-order valence-electron chi connectivity index (χ2n) is 9.88. The van der Waals surface area contributed by atoms with Crippen molar-refractivity contribution < 1.29 is 9.53 Å². The monoisotopic (exact) mass is 515 g/mol. The number of amides is 1. The van der Waals surface area contributed by atoms with Gasteiger partial charge < -0.3 is 10.1 Å². The van der Waals surface area contributed by atoms with Gasteiger partial charge in [-0.1, -0.05) is 48.3 Å². The minimum absolute atomic E-state index is 0.00724. The van der Waals surface area contributed by atoms with Crippen LogP contribution >= 0.6 is 23.2 Å². The minimum Gasteiger partial charge on any atom is -0.379 e. The number of hydrogen-bond acceptors (Lipinski definition) is 4. The highest BCUT2D eigenvalue weighted by molar-refractivity contribution is 6.30. The second-order valence-corrected chi connectivity index (χ2v) is 10.8. The zero-order valence-corrected chi connectivity index (χ0v) is 21.8. The summed E-state index contributed by atoms with van der Waals surface area (Å²) in [7, 11) is 0. The van der Waals surface area contributed by atoms with Gasteiger partial charge in [-0.3, -0.25) is 14.7 Å². The fourth-order valence-electron chi connectivity index (χ4n) is 5.57. The fourth-order valence-corrected chi connectivity index (χ4v) is 5.88. The Morgan fingerprint density at radius 2 is 2.03 bits per heavy atom. The molecular weight excluding hydrogens is 481 g/mol. The molecule has 4 rings (SSSR count). The van der Waals surface area contributed by atoms with Gasteiger partial charge in [0.05, 0.1) is 18.2 Å². The SMILES string of the molecule is C=CC[C@H]1C[C@H](c2cccc(Cl)c2)[C@@H](C(CN2CCOCC2)[C@H](C)Cc2ccc(Cl)cn2)NC1=O. The maximum absolute atomic E-state index is 13.2. The van der Waals surface area contributed by atoms with Gasteiger partial charge in [0.2, 0.25) is 5.91 Å². The molecule has 5 nitrogen and oxygen atoms in total. The quantitative estimate of drug-likeness (QED) is 0.455. The molecule has 1 aromatic carbocycles. The Labute approximate surface area is 218 Å². The molecule has 0 bridgehead atoms. The molecule has 1 amide bonds. The number of nitrogens with zero attached hydrogens (tertiary/aromatic N) is 2. The van der Waals surface area contributed by atoms with E-state index in [1.54, 1.807) is 6.20 Å². The number of pyridine rings is 1. The molecule has 1 aromatic heterocycles. The van der Waals surface area contributed by atoms with Crippen LogP contribution in [0.2, 0.25) is 10.0 Å². The molecule has 1 N–H and O–H groups in total. The number of aromatic nitrogens is 1. The summed E-state index contributed by atoms with van der Waals surface area (Å²) in [5.41, 5.74) is 2.19. The number of morpholine rings is 1. The van der Waals surface area contributed by atoms with E-state index < -0.39 is 0 Å². The molecule has 0 aliphatic carbocycles. The molecule has 2 aliphatic heterocycles. The van der Waals surface area contributed by atoms with E-state index in [9.17, 15) is 4.79 Å². The largest absolute Gasteiger partial charge is 0.379 e. The molecule has 3 heterocycles. The summed E-state index contributed by atoms with van der Waals surface area (Å²) in [5.74, 6) is 0.725. The van der Waals surface area contributed by atoms with Gasteiger partial charge in [0.25, 0.3) is 0 Å². The Kier molecular flexibility index (Phi) is 9.23. The van der Waals surface area contributed by atoms with E-state index in [1.165, 1.54) is 5.56 Å². The minimum atomic E-state index is -0.0787. The third-order valence-electron chi connectivity index (χ3n) is 7.46. The molecule has 2 aliphatic rings.